The average molecular weight is 298 g/mol. The summed E-state index contributed by atoms with van der Waals surface area (Å²) in [5.41, 5.74) is -0.559. The van der Waals surface area contributed by atoms with E-state index in [0.717, 1.165) is 18.0 Å². The molecule has 0 aromatic carbocycles. The molecule has 0 radical (unpaired) electrons. The summed E-state index contributed by atoms with van der Waals surface area (Å²) in [6, 6.07) is 5.79. The van der Waals surface area contributed by atoms with Crippen LogP contribution in [0.25, 0.3) is 0 Å². The lowest BCUT2D eigenvalue weighted by atomic mass is 10.3. The number of anilines is 1. The van der Waals surface area contributed by atoms with Crippen LogP contribution in [0, 0.1) is 6.92 Å². The van der Waals surface area contributed by atoms with E-state index in [9.17, 15) is 18.0 Å². The van der Waals surface area contributed by atoms with E-state index in [1.807, 2.05) is 0 Å². The molecular weight excluding hydrogens is 285 g/mol. The smallest absolute Gasteiger partial charge is 0.294 e. The predicted octanol–water partition coefficient (Wildman–Crippen LogP) is 2.42. The molecule has 0 aliphatic carbocycles. The van der Waals surface area contributed by atoms with Crippen molar-refractivity contribution < 1.29 is 18.0 Å². The number of rotatable bonds is 2. The van der Waals surface area contributed by atoms with Gasteiger partial charge in [-0.3, -0.25) is 14.4 Å². The highest BCUT2D eigenvalue weighted by molar-refractivity contribution is 6.03. The number of halogens is 3. The summed E-state index contributed by atoms with van der Waals surface area (Å²) in [6.45, 7) is 1.75. The summed E-state index contributed by atoms with van der Waals surface area (Å²) in [4.78, 5) is 17.5. The number of hydrogen-bond donors (Lipinski definition) is 0. The van der Waals surface area contributed by atoms with E-state index in [1.54, 1.807) is 25.1 Å². The van der Waals surface area contributed by atoms with Crippen molar-refractivity contribution in [3.63, 3.8) is 0 Å². The first-order chi connectivity index (χ1) is 9.70. The maximum Gasteiger partial charge on any atom is 0.433 e. The fourth-order valence-electron chi connectivity index (χ4n) is 1.83. The Balaban J connectivity index is 2.32. The Labute approximate surface area is 119 Å². The monoisotopic (exact) mass is 298 g/mol. The zero-order valence-corrected chi connectivity index (χ0v) is 11.6. The van der Waals surface area contributed by atoms with Crippen molar-refractivity contribution in [2.75, 3.05) is 11.9 Å². The summed E-state index contributed by atoms with van der Waals surface area (Å²) < 4.78 is 38.8. The van der Waals surface area contributed by atoms with Crippen LogP contribution < -0.4 is 4.90 Å². The van der Waals surface area contributed by atoms with Gasteiger partial charge >= 0.3 is 6.18 Å². The van der Waals surface area contributed by atoms with E-state index < -0.39 is 17.8 Å². The molecule has 2 aromatic rings. The minimum Gasteiger partial charge on any atom is -0.294 e. The first-order valence-corrected chi connectivity index (χ1v) is 6.03. The van der Waals surface area contributed by atoms with Crippen molar-refractivity contribution in [2.24, 2.45) is 7.05 Å². The third-order valence-electron chi connectivity index (χ3n) is 2.91. The number of nitrogens with zero attached hydrogens (tertiary/aromatic N) is 4. The molecule has 1 amide bonds. The number of carbonyl (C=O) groups is 1. The van der Waals surface area contributed by atoms with E-state index in [1.165, 1.54) is 7.05 Å². The van der Waals surface area contributed by atoms with Gasteiger partial charge in [0.25, 0.3) is 5.91 Å². The van der Waals surface area contributed by atoms with Crippen LogP contribution in [0.2, 0.25) is 0 Å². The second-order valence-electron chi connectivity index (χ2n) is 4.54. The highest BCUT2D eigenvalue weighted by Crippen LogP contribution is 2.29. The minimum atomic E-state index is -4.56. The molecule has 0 saturated heterocycles. The quantitative estimate of drug-likeness (QED) is 0.855. The number of aromatic nitrogens is 3. The molecule has 0 spiro atoms. The zero-order chi connectivity index (χ0) is 15.8. The maximum atomic E-state index is 12.7. The van der Waals surface area contributed by atoms with Crippen LogP contribution in [0.3, 0.4) is 0 Å². The Bertz CT molecular complexity index is 678. The predicted molar refractivity (Wildman–Crippen MR) is 69.9 cm³/mol. The average Bonchev–Trinajstić information content (AvgIpc) is 2.79. The molecule has 0 aliphatic heterocycles. The lowest BCUT2D eigenvalue weighted by Crippen LogP contribution is -2.27. The number of alkyl halides is 3. The van der Waals surface area contributed by atoms with Crippen LogP contribution in [-0.2, 0) is 13.2 Å². The van der Waals surface area contributed by atoms with Gasteiger partial charge in [-0.15, -0.1) is 0 Å². The third-order valence-corrected chi connectivity index (χ3v) is 2.91. The summed E-state index contributed by atoms with van der Waals surface area (Å²) in [6.07, 6.45) is -4.56. The molecule has 2 rings (SSSR count). The van der Waals surface area contributed by atoms with Crippen LogP contribution in [0.5, 0.6) is 0 Å². The van der Waals surface area contributed by atoms with E-state index in [-0.39, 0.29) is 5.69 Å². The van der Waals surface area contributed by atoms with Crippen molar-refractivity contribution in [1.29, 1.82) is 0 Å². The van der Waals surface area contributed by atoms with E-state index in [2.05, 4.69) is 10.1 Å². The molecule has 0 atom stereocenters. The molecule has 2 aromatic heterocycles. The van der Waals surface area contributed by atoms with E-state index in [0.29, 0.717) is 16.2 Å². The van der Waals surface area contributed by atoms with Crippen LogP contribution in [0.1, 0.15) is 21.9 Å². The topological polar surface area (TPSA) is 51.0 Å². The number of amides is 1. The molecule has 21 heavy (non-hydrogen) atoms. The van der Waals surface area contributed by atoms with Gasteiger partial charge in [-0.05, 0) is 19.1 Å². The second-order valence-corrected chi connectivity index (χ2v) is 4.54. The molecule has 0 bridgehead atoms. The third kappa shape index (κ3) is 3.04. The number of hydrogen-bond acceptors (Lipinski definition) is 3. The Morgan fingerprint density at radius 3 is 2.52 bits per heavy atom. The first-order valence-electron chi connectivity index (χ1n) is 6.03. The molecule has 0 unspecified atom stereocenters. The number of aryl methyl sites for hydroxylation is 2. The molecule has 0 N–H and O–H groups in total. The summed E-state index contributed by atoms with van der Waals surface area (Å²) >= 11 is 0. The zero-order valence-electron chi connectivity index (χ0n) is 11.6. The Morgan fingerprint density at radius 2 is 2.00 bits per heavy atom. The SMILES string of the molecule is Cc1cccc(N(C)C(=O)c2cc(C(F)(F)F)n(C)n2)n1. The van der Waals surface area contributed by atoms with Crippen LogP contribution in [0.15, 0.2) is 24.3 Å². The number of carbonyl (C=O) groups excluding carboxylic acids is 1. The lowest BCUT2D eigenvalue weighted by Gasteiger charge is -2.15. The molecule has 0 saturated carbocycles. The van der Waals surface area contributed by atoms with Gasteiger partial charge in [-0.1, -0.05) is 6.07 Å². The van der Waals surface area contributed by atoms with Gasteiger partial charge in [0, 0.05) is 25.9 Å². The Hall–Kier alpha value is -2.38. The molecule has 112 valence electrons. The Morgan fingerprint density at radius 1 is 1.33 bits per heavy atom. The van der Waals surface area contributed by atoms with Gasteiger partial charge in [0.2, 0.25) is 0 Å². The molecule has 0 fully saturated rings. The lowest BCUT2D eigenvalue weighted by molar-refractivity contribution is -0.143. The Kier molecular flexibility index (Phi) is 3.71. The van der Waals surface area contributed by atoms with Crippen LogP contribution in [-0.4, -0.2) is 27.7 Å². The van der Waals surface area contributed by atoms with Gasteiger partial charge in [0.15, 0.2) is 5.69 Å². The van der Waals surface area contributed by atoms with E-state index >= 15 is 0 Å². The fourth-order valence-corrected chi connectivity index (χ4v) is 1.83. The molecule has 0 aliphatic rings. The fraction of sp³-hybridized carbons (Fsp3) is 0.308. The van der Waals surface area contributed by atoms with Crippen molar-refractivity contribution in [3.8, 4) is 0 Å². The largest absolute Gasteiger partial charge is 0.433 e. The number of pyridine rings is 1. The maximum absolute atomic E-state index is 12.7. The second kappa shape index (κ2) is 5.19. The minimum absolute atomic E-state index is 0.282. The summed E-state index contributed by atoms with van der Waals surface area (Å²) in [5.74, 6) is -0.307. The van der Waals surface area contributed by atoms with Crippen molar-refractivity contribution >= 4 is 11.7 Å². The first kappa shape index (κ1) is 15.0. The van der Waals surface area contributed by atoms with Crippen molar-refractivity contribution in [2.45, 2.75) is 13.1 Å². The van der Waals surface area contributed by atoms with Gasteiger partial charge in [0.05, 0.1) is 0 Å². The van der Waals surface area contributed by atoms with Gasteiger partial charge < -0.3 is 0 Å². The van der Waals surface area contributed by atoms with Gasteiger partial charge in [0.1, 0.15) is 11.5 Å². The normalized spacial score (nSPS) is 11.5. The van der Waals surface area contributed by atoms with Gasteiger partial charge in [-0.2, -0.15) is 18.3 Å². The standard InChI is InChI=1S/C13H13F3N4O/c1-8-5-4-6-11(17-8)19(2)12(21)9-7-10(13(14,15)16)20(3)18-9/h4-7H,1-3H3. The van der Waals surface area contributed by atoms with Crippen molar-refractivity contribution in [3.05, 3.63) is 41.3 Å². The summed E-state index contributed by atoms with van der Waals surface area (Å²) in [5, 5.41) is 3.62. The molecule has 5 nitrogen and oxygen atoms in total. The van der Waals surface area contributed by atoms with E-state index in [4.69, 9.17) is 0 Å². The van der Waals surface area contributed by atoms with Crippen LogP contribution in [0.4, 0.5) is 19.0 Å². The van der Waals surface area contributed by atoms with Gasteiger partial charge in [-0.25, -0.2) is 4.98 Å². The highest BCUT2D eigenvalue weighted by atomic mass is 19.4. The van der Waals surface area contributed by atoms with Crippen LogP contribution >= 0.6 is 0 Å². The molecular formula is C13H13F3N4O. The molecule has 2 heterocycles. The summed E-state index contributed by atoms with van der Waals surface area (Å²) in [7, 11) is 2.58. The van der Waals surface area contributed by atoms with Crippen molar-refractivity contribution in [1.82, 2.24) is 14.8 Å². The highest BCUT2D eigenvalue weighted by Gasteiger charge is 2.36. The molecule has 8 heteroatoms.